The van der Waals surface area contributed by atoms with E-state index in [1.807, 2.05) is 0 Å². The number of nitrogens with zero attached hydrogens (tertiary/aromatic N) is 1. The lowest BCUT2D eigenvalue weighted by atomic mass is 10.1. The number of halogens is 1. The molecular formula is C11H15FN2OS. The predicted molar refractivity (Wildman–Crippen MR) is 67.2 cm³/mol. The molecule has 88 valence electrons. The minimum absolute atomic E-state index is 0.145. The topological polar surface area (TPSA) is 49.5 Å². The van der Waals surface area contributed by atoms with Gasteiger partial charge in [0.05, 0.1) is 6.10 Å². The number of rotatable bonds is 4. The molecule has 1 unspecified atom stereocenters. The van der Waals surface area contributed by atoms with Crippen LogP contribution < -0.4 is 10.6 Å². The number of anilines is 1. The second kappa shape index (κ2) is 5.23. The fourth-order valence-corrected chi connectivity index (χ4v) is 1.70. The molecular weight excluding hydrogens is 227 g/mol. The van der Waals surface area contributed by atoms with E-state index < -0.39 is 6.10 Å². The van der Waals surface area contributed by atoms with Crippen molar-refractivity contribution in [1.29, 1.82) is 0 Å². The van der Waals surface area contributed by atoms with Crippen LogP contribution in [-0.2, 0) is 0 Å². The van der Waals surface area contributed by atoms with Crippen molar-refractivity contribution in [2.24, 2.45) is 5.73 Å². The lowest BCUT2D eigenvalue weighted by Crippen LogP contribution is -2.29. The largest absolute Gasteiger partial charge is 0.392 e. The molecule has 0 saturated carbocycles. The summed E-state index contributed by atoms with van der Waals surface area (Å²) >= 11 is 4.86. The van der Waals surface area contributed by atoms with Crippen LogP contribution in [0.3, 0.4) is 0 Å². The molecule has 0 aliphatic carbocycles. The Hall–Kier alpha value is -1.20. The molecule has 3 N–H and O–H groups in total. The number of hydrogen-bond acceptors (Lipinski definition) is 3. The monoisotopic (exact) mass is 242 g/mol. The summed E-state index contributed by atoms with van der Waals surface area (Å²) in [6.45, 7) is 2.11. The minimum Gasteiger partial charge on any atom is -0.392 e. The molecule has 0 fully saturated rings. The second-order valence-electron chi connectivity index (χ2n) is 3.76. The summed E-state index contributed by atoms with van der Waals surface area (Å²) < 4.78 is 13.1. The molecule has 0 aromatic heterocycles. The molecule has 1 rings (SSSR count). The fourth-order valence-electron chi connectivity index (χ4n) is 1.53. The molecule has 1 aromatic carbocycles. The van der Waals surface area contributed by atoms with Crippen LogP contribution in [0.25, 0.3) is 0 Å². The molecule has 0 amide bonds. The molecule has 0 aliphatic heterocycles. The fraction of sp³-hybridized carbons (Fsp3) is 0.364. The third-order valence-corrected chi connectivity index (χ3v) is 2.39. The van der Waals surface area contributed by atoms with Crippen molar-refractivity contribution < 1.29 is 9.50 Å². The van der Waals surface area contributed by atoms with Gasteiger partial charge in [-0.1, -0.05) is 12.2 Å². The van der Waals surface area contributed by atoms with Crippen LogP contribution >= 0.6 is 12.2 Å². The summed E-state index contributed by atoms with van der Waals surface area (Å²) in [5, 5.41) is 9.29. The van der Waals surface area contributed by atoms with Crippen molar-refractivity contribution in [3.8, 4) is 0 Å². The van der Waals surface area contributed by atoms with Crippen molar-refractivity contribution in [1.82, 2.24) is 0 Å². The van der Waals surface area contributed by atoms with Crippen molar-refractivity contribution in [2.45, 2.75) is 13.0 Å². The van der Waals surface area contributed by atoms with Gasteiger partial charge in [0.15, 0.2) is 0 Å². The van der Waals surface area contributed by atoms with Crippen molar-refractivity contribution in [3.63, 3.8) is 0 Å². The summed E-state index contributed by atoms with van der Waals surface area (Å²) in [4.78, 5) is 1.94. The molecule has 0 heterocycles. The van der Waals surface area contributed by atoms with E-state index in [9.17, 15) is 9.50 Å². The first-order valence-electron chi connectivity index (χ1n) is 4.90. The van der Waals surface area contributed by atoms with Crippen LogP contribution in [0.4, 0.5) is 10.1 Å². The van der Waals surface area contributed by atoms with E-state index in [-0.39, 0.29) is 10.8 Å². The van der Waals surface area contributed by atoms with E-state index in [1.54, 1.807) is 24.9 Å². The van der Waals surface area contributed by atoms with E-state index >= 15 is 0 Å². The van der Waals surface area contributed by atoms with Crippen LogP contribution in [0.2, 0.25) is 0 Å². The Bertz CT molecular complexity index is 396. The standard InChI is InChI=1S/C11H15FN2OS/c1-7(15)6-14(2)10-4-3-8(12)5-9(10)11(13)16/h3-5,7,15H,6H2,1-2H3,(H2,13,16). The molecule has 1 atom stereocenters. The highest BCUT2D eigenvalue weighted by molar-refractivity contribution is 7.80. The third-order valence-electron chi connectivity index (χ3n) is 2.17. The number of aliphatic hydroxyl groups is 1. The molecule has 0 bridgehead atoms. The minimum atomic E-state index is -0.478. The van der Waals surface area contributed by atoms with Crippen molar-refractivity contribution in [2.75, 3.05) is 18.5 Å². The first-order valence-corrected chi connectivity index (χ1v) is 5.31. The molecule has 0 radical (unpaired) electrons. The van der Waals surface area contributed by atoms with Crippen LogP contribution in [-0.4, -0.2) is 29.8 Å². The third kappa shape index (κ3) is 3.15. The zero-order valence-electron chi connectivity index (χ0n) is 9.27. The average Bonchev–Trinajstić information content (AvgIpc) is 2.16. The van der Waals surface area contributed by atoms with Gasteiger partial charge in [0.25, 0.3) is 0 Å². The molecule has 16 heavy (non-hydrogen) atoms. The maximum Gasteiger partial charge on any atom is 0.124 e. The highest BCUT2D eigenvalue weighted by Gasteiger charge is 2.12. The van der Waals surface area contributed by atoms with Gasteiger partial charge in [-0.2, -0.15) is 0 Å². The molecule has 1 aromatic rings. The van der Waals surface area contributed by atoms with E-state index in [1.165, 1.54) is 12.1 Å². The van der Waals surface area contributed by atoms with Crippen LogP contribution in [0.15, 0.2) is 18.2 Å². The van der Waals surface area contributed by atoms with Gasteiger partial charge in [0.2, 0.25) is 0 Å². The Morgan fingerprint density at radius 3 is 2.75 bits per heavy atom. The number of hydrogen-bond donors (Lipinski definition) is 2. The van der Waals surface area contributed by atoms with E-state index in [4.69, 9.17) is 18.0 Å². The smallest absolute Gasteiger partial charge is 0.124 e. The number of nitrogens with two attached hydrogens (primary N) is 1. The molecule has 0 spiro atoms. The highest BCUT2D eigenvalue weighted by atomic mass is 32.1. The summed E-state index contributed by atoms with van der Waals surface area (Å²) in [5.41, 5.74) is 6.73. The van der Waals surface area contributed by atoms with Crippen LogP contribution in [0.1, 0.15) is 12.5 Å². The van der Waals surface area contributed by atoms with Gasteiger partial charge in [-0.15, -0.1) is 0 Å². The predicted octanol–water partition coefficient (Wildman–Crippen LogP) is 1.28. The lowest BCUT2D eigenvalue weighted by molar-refractivity contribution is 0.201. The molecule has 0 aliphatic rings. The Kier molecular flexibility index (Phi) is 4.20. The van der Waals surface area contributed by atoms with Gasteiger partial charge in [0.1, 0.15) is 10.8 Å². The maximum atomic E-state index is 13.1. The molecule has 3 nitrogen and oxygen atoms in total. The van der Waals surface area contributed by atoms with E-state index in [0.29, 0.717) is 12.1 Å². The van der Waals surface area contributed by atoms with E-state index in [0.717, 1.165) is 5.69 Å². The summed E-state index contributed by atoms with van der Waals surface area (Å²) in [6.07, 6.45) is -0.478. The lowest BCUT2D eigenvalue weighted by Gasteiger charge is -2.23. The van der Waals surface area contributed by atoms with Gasteiger partial charge in [-0.25, -0.2) is 4.39 Å². The SMILES string of the molecule is CC(O)CN(C)c1ccc(F)cc1C(N)=S. The highest BCUT2D eigenvalue weighted by Crippen LogP contribution is 2.20. The Morgan fingerprint density at radius 1 is 1.62 bits per heavy atom. The number of likely N-dealkylation sites (N-methyl/N-ethyl adjacent to an activating group) is 1. The van der Waals surface area contributed by atoms with Crippen molar-refractivity contribution >= 4 is 22.9 Å². The van der Waals surface area contributed by atoms with Gasteiger partial charge in [-0.05, 0) is 25.1 Å². The quantitative estimate of drug-likeness (QED) is 0.781. The molecule has 0 saturated heterocycles. The first kappa shape index (κ1) is 12.9. The first-order chi connectivity index (χ1) is 7.41. The van der Waals surface area contributed by atoms with E-state index in [2.05, 4.69) is 0 Å². The molecule has 5 heteroatoms. The normalized spacial score (nSPS) is 12.2. The summed E-state index contributed by atoms with van der Waals surface area (Å²) in [5.74, 6) is -0.378. The Labute approximate surface area is 99.7 Å². The Balaban J connectivity index is 3.07. The van der Waals surface area contributed by atoms with Crippen LogP contribution in [0.5, 0.6) is 0 Å². The Morgan fingerprint density at radius 2 is 2.25 bits per heavy atom. The summed E-state index contributed by atoms with van der Waals surface area (Å²) in [7, 11) is 1.79. The van der Waals surface area contributed by atoms with Gasteiger partial charge in [0, 0.05) is 24.8 Å². The van der Waals surface area contributed by atoms with Gasteiger partial charge < -0.3 is 15.7 Å². The zero-order valence-corrected chi connectivity index (χ0v) is 10.1. The number of benzene rings is 1. The summed E-state index contributed by atoms with van der Waals surface area (Å²) in [6, 6.07) is 4.25. The zero-order chi connectivity index (χ0) is 12.3. The van der Waals surface area contributed by atoms with Crippen LogP contribution in [0, 0.1) is 5.82 Å². The number of thiocarbonyl (C=S) groups is 1. The van der Waals surface area contributed by atoms with Gasteiger partial charge in [-0.3, -0.25) is 0 Å². The maximum absolute atomic E-state index is 13.1. The number of aliphatic hydroxyl groups excluding tert-OH is 1. The second-order valence-corrected chi connectivity index (χ2v) is 4.20. The average molecular weight is 242 g/mol. The van der Waals surface area contributed by atoms with Crippen molar-refractivity contribution in [3.05, 3.63) is 29.6 Å². The van der Waals surface area contributed by atoms with Gasteiger partial charge >= 0.3 is 0 Å².